The van der Waals surface area contributed by atoms with Gasteiger partial charge in [0.2, 0.25) is 0 Å². The average Bonchev–Trinajstić information content (AvgIpc) is 2.73. The first-order valence-corrected chi connectivity index (χ1v) is 6.82. The fourth-order valence-electron chi connectivity index (χ4n) is 1.36. The Labute approximate surface area is 103 Å². The molecule has 0 bridgehead atoms. The van der Waals surface area contributed by atoms with Crippen molar-refractivity contribution in [1.82, 2.24) is 4.98 Å². The topological polar surface area (TPSA) is 33.1 Å². The summed E-state index contributed by atoms with van der Waals surface area (Å²) in [5, 5.41) is 10.1. The van der Waals surface area contributed by atoms with E-state index in [-0.39, 0.29) is 6.61 Å². The molecule has 16 heavy (non-hydrogen) atoms. The highest BCUT2D eigenvalue weighted by molar-refractivity contribution is 7.98. The van der Waals surface area contributed by atoms with Crippen LogP contribution in [0.4, 0.5) is 0 Å². The van der Waals surface area contributed by atoms with Crippen LogP contribution in [0.1, 0.15) is 15.4 Å². The zero-order chi connectivity index (χ0) is 11.4. The van der Waals surface area contributed by atoms with E-state index in [2.05, 4.69) is 11.1 Å². The summed E-state index contributed by atoms with van der Waals surface area (Å²) in [6.07, 6.45) is 1.93. The van der Waals surface area contributed by atoms with Gasteiger partial charge in [-0.25, -0.2) is 4.98 Å². The molecule has 0 radical (unpaired) electrons. The van der Waals surface area contributed by atoms with Crippen LogP contribution < -0.4 is 0 Å². The summed E-state index contributed by atoms with van der Waals surface area (Å²) < 4.78 is 0. The highest BCUT2D eigenvalue weighted by Gasteiger charge is 2.00. The van der Waals surface area contributed by atoms with Crippen molar-refractivity contribution in [2.24, 2.45) is 0 Å². The fourth-order valence-corrected chi connectivity index (χ4v) is 3.16. The molecule has 0 saturated heterocycles. The molecule has 2 nitrogen and oxygen atoms in total. The number of hydrogen-bond acceptors (Lipinski definition) is 4. The lowest BCUT2D eigenvalue weighted by molar-refractivity contribution is 0.281. The lowest BCUT2D eigenvalue weighted by Crippen LogP contribution is -1.82. The molecular weight excluding hydrogens is 238 g/mol. The van der Waals surface area contributed by atoms with Crippen molar-refractivity contribution in [3.05, 3.63) is 45.9 Å². The fraction of sp³-hybridized carbons (Fsp3) is 0.250. The molecule has 0 atom stereocenters. The predicted octanol–water partition coefficient (Wildman–Crippen LogP) is 3.24. The van der Waals surface area contributed by atoms with E-state index in [0.717, 1.165) is 16.3 Å². The summed E-state index contributed by atoms with van der Waals surface area (Å²) in [6, 6.07) is 8.00. The summed E-state index contributed by atoms with van der Waals surface area (Å²) in [6.45, 7) is 2.12. The second kappa shape index (κ2) is 5.48. The number of thiazole rings is 1. The van der Waals surface area contributed by atoms with Gasteiger partial charge in [0.05, 0.1) is 11.6 Å². The second-order valence-corrected chi connectivity index (χ2v) is 5.81. The molecule has 0 unspecified atom stereocenters. The van der Waals surface area contributed by atoms with Crippen LogP contribution in [0, 0.1) is 6.92 Å². The van der Waals surface area contributed by atoms with Crippen LogP contribution in [-0.4, -0.2) is 10.1 Å². The largest absolute Gasteiger partial charge is 0.392 e. The SMILES string of the molecule is Cc1ncc(CSc2cccc(CO)c2)s1. The monoisotopic (exact) mass is 251 g/mol. The Morgan fingerprint density at radius 3 is 3.00 bits per heavy atom. The minimum Gasteiger partial charge on any atom is -0.392 e. The summed E-state index contributed by atoms with van der Waals surface area (Å²) in [4.78, 5) is 6.71. The first-order chi connectivity index (χ1) is 7.78. The van der Waals surface area contributed by atoms with Gasteiger partial charge in [0.1, 0.15) is 0 Å². The van der Waals surface area contributed by atoms with Crippen molar-refractivity contribution < 1.29 is 5.11 Å². The number of aryl methyl sites for hydroxylation is 1. The molecule has 0 saturated carbocycles. The molecule has 1 aromatic carbocycles. The lowest BCUT2D eigenvalue weighted by atomic mass is 10.2. The predicted molar refractivity (Wildman–Crippen MR) is 68.8 cm³/mol. The van der Waals surface area contributed by atoms with Crippen molar-refractivity contribution >= 4 is 23.1 Å². The van der Waals surface area contributed by atoms with Crippen molar-refractivity contribution in [2.75, 3.05) is 0 Å². The van der Waals surface area contributed by atoms with Crippen LogP contribution in [0.2, 0.25) is 0 Å². The van der Waals surface area contributed by atoms with Crippen LogP contribution in [0.15, 0.2) is 35.4 Å². The van der Waals surface area contributed by atoms with Gasteiger partial charge in [-0.15, -0.1) is 23.1 Å². The van der Waals surface area contributed by atoms with Gasteiger partial charge in [-0.1, -0.05) is 12.1 Å². The van der Waals surface area contributed by atoms with E-state index in [1.165, 1.54) is 9.77 Å². The Hall–Kier alpha value is -0.840. The molecule has 0 amide bonds. The number of aromatic nitrogens is 1. The van der Waals surface area contributed by atoms with Gasteiger partial charge in [0, 0.05) is 21.7 Å². The van der Waals surface area contributed by atoms with E-state index >= 15 is 0 Å². The summed E-state index contributed by atoms with van der Waals surface area (Å²) >= 11 is 3.51. The molecule has 0 aliphatic heterocycles. The lowest BCUT2D eigenvalue weighted by Gasteiger charge is -2.01. The first kappa shape index (κ1) is 11.6. The first-order valence-electron chi connectivity index (χ1n) is 5.02. The summed E-state index contributed by atoms with van der Waals surface area (Å²) in [5.74, 6) is 0.945. The highest BCUT2D eigenvalue weighted by Crippen LogP contribution is 2.26. The quantitative estimate of drug-likeness (QED) is 0.847. The number of hydrogen-bond donors (Lipinski definition) is 1. The maximum atomic E-state index is 9.03. The number of rotatable bonds is 4. The van der Waals surface area contributed by atoms with Gasteiger partial charge in [-0.3, -0.25) is 0 Å². The molecule has 2 rings (SSSR count). The molecule has 2 aromatic rings. The number of aliphatic hydroxyl groups excluding tert-OH is 1. The number of aliphatic hydroxyl groups is 1. The normalized spacial score (nSPS) is 10.6. The molecule has 0 spiro atoms. The molecule has 84 valence electrons. The third kappa shape index (κ3) is 3.07. The van der Waals surface area contributed by atoms with Crippen LogP contribution in [0.3, 0.4) is 0 Å². The molecule has 1 N–H and O–H groups in total. The number of benzene rings is 1. The van der Waals surface area contributed by atoms with Crippen LogP contribution in [-0.2, 0) is 12.4 Å². The van der Waals surface area contributed by atoms with Crippen molar-refractivity contribution in [3.8, 4) is 0 Å². The Balaban J connectivity index is 1.99. The van der Waals surface area contributed by atoms with Gasteiger partial charge in [-0.05, 0) is 24.6 Å². The molecule has 4 heteroatoms. The minimum atomic E-state index is 0.105. The molecular formula is C12H13NOS2. The zero-order valence-corrected chi connectivity index (χ0v) is 10.6. The Kier molecular flexibility index (Phi) is 3.98. The van der Waals surface area contributed by atoms with Crippen LogP contribution in [0.5, 0.6) is 0 Å². The maximum absolute atomic E-state index is 9.03. The van der Waals surface area contributed by atoms with E-state index in [0.29, 0.717) is 0 Å². The smallest absolute Gasteiger partial charge is 0.0897 e. The van der Waals surface area contributed by atoms with E-state index in [1.807, 2.05) is 31.3 Å². The van der Waals surface area contributed by atoms with Crippen LogP contribution >= 0.6 is 23.1 Å². The Morgan fingerprint density at radius 2 is 2.31 bits per heavy atom. The van der Waals surface area contributed by atoms with Crippen molar-refractivity contribution in [2.45, 2.75) is 24.2 Å². The molecule has 1 heterocycles. The Bertz CT molecular complexity index is 468. The number of thioether (sulfide) groups is 1. The van der Waals surface area contributed by atoms with E-state index < -0.39 is 0 Å². The molecule has 0 fully saturated rings. The van der Waals surface area contributed by atoms with Gasteiger partial charge in [-0.2, -0.15) is 0 Å². The molecule has 0 aliphatic rings. The van der Waals surface area contributed by atoms with Gasteiger partial charge >= 0.3 is 0 Å². The van der Waals surface area contributed by atoms with Gasteiger partial charge < -0.3 is 5.11 Å². The Morgan fingerprint density at radius 1 is 1.44 bits per heavy atom. The van der Waals surface area contributed by atoms with Crippen molar-refractivity contribution in [1.29, 1.82) is 0 Å². The van der Waals surface area contributed by atoms with Crippen molar-refractivity contribution in [3.63, 3.8) is 0 Å². The van der Waals surface area contributed by atoms with E-state index in [1.54, 1.807) is 23.1 Å². The van der Waals surface area contributed by atoms with Gasteiger partial charge in [0.25, 0.3) is 0 Å². The zero-order valence-electron chi connectivity index (χ0n) is 9.01. The molecule has 0 aliphatic carbocycles. The summed E-state index contributed by atoms with van der Waals surface area (Å²) in [7, 11) is 0. The summed E-state index contributed by atoms with van der Waals surface area (Å²) in [5.41, 5.74) is 0.963. The maximum Gasteiger partial charge on any atom is 0.0897 e. The third-order valence-electron chi connectivity index (χ3n) is 2.13. The van der Waals surface area contributed by atoms with Gasteiger partial charge in [0.15, 0.2) is 0 Å². The second-order valence-electron chi connectivity index (χ2n) is 3.44. The molecule has 1 aromatic heterocycles. The third-order valence-corrected chi connectivity index (χ3v) is 4.27. The van der Waals surface area contributed by atoms with E-state index in [9.17, 15) is 0 Å². The standard InChI is InChI=1S/C12H13NOS2/c1-9-13-6-12(16-9)8-15-11-4-2-3-10(5-11)7-14/h2-6,14H,7-8H2,1H3. The van der Waals surface area contributed by atoms with Crippen LogP contribution in [0.25, 0.3) is 0 Å². The highest BCUT2D eigenvalue weighted by atomic mass is 32.2. The van der Waals surface area contributed by atoms with E-state index in [4.69, 9.17) is 5.11 Å². The number of nitrogens with zero attached hydrogens (tertiary/aromatic N) is 1. The average molecular weight is 251 g/mol. The minimum absolute atomic E-state index is 0.105.